The molecule has 5 heteroatoms. The van der Waals surface area contributed by atoms with Crippen molar-refractivity contribution in [2.45, 2.75) is 12.5 Å². The summed E-state index contributed by atoms with van der Waals surface area (Å²) >= 11 is 3.08. The second-order valence-electron chi connectivity index (χ2n) is 3.43. The van der Waals surface area contributed by atoms with Crippen molar-refractivity contribution in [3.05, 3.63) is 28.2 Å². The maximum atomic E-state index is 13.3. The van der Waals surface area contributed by atoms with E-state index < -0.39 is 11.6 Å². The van der Waals surface area contributed by atoms with Crippen molar-refractivity contribution in [1.82, 2.24) is 5.32 Å². The SMILES string of the molecule is Fc1cc(F)c(O[C@@H]2CCNC2)c(Br)c1. The molecule has 15 heavy (non-hydrogen) atoms. The van der Waals surface area contributed by atoms with E-state index in [4.69, 9.17) is 4.74 Å². The van der Waals surface area contributed by atoms with E-state index in [1.165, 1.54) is 6.07 Å². The zero-order valence-corrected chi connectivity index (χ0v) is 9.48. The lowest BCUT2D eigenvalue weighted by Gasteiger charge is -2.14. The number of halogens is 3. The highest BCUT2D eigenvalue weighted by atomic mass is 79.9. The van der Waals surface area contributed by atoms with Gasteiger partial charge in [0.1, 0.15) is 11.9 Å². The second-order valence-corrected chi connectivity index (χ2v) is 4.29. The molecular weight excluding hydrogens is 268 g/mol. The first-order valence-corrected chi connectivity index (χ1v) is 5.48. The molecule has 0 unspecified atom stereocenters. The Balaban J connectivity index is 2.19. The van der Waals surface area contributed by atoms with Crippen LogP contribution < -0.4 is 10.1 Å². The highest BCUT2D eigenvalue weighted by Gasteiger charge is 2.19. The Labute approximate surface area is 94.7 Å². The molecule has 0 spiro atoms. The van der Waals surface area contributed by atoms with E-state index >= 15 is 0 Å². The van der Waals surface area contributed by atoms with E-state index in [0.717, 1.165) is 19.0 Å². The van der Waals surface area contributed by atoms with Crippen LogP contribution >= 0.6 is 15.9 Å². The number of hydrogen-bond acceptors (Lipinski definition) is 2. The summed E-state index contributed by atoms with van der Waals surface area (Å²) in [4.78, 5) is 0. The Morgan fingerprint density at radius 1 is 1.40 bits per heavy atom. The quantitative estimate of drug-likeness (QED) is 0.897. The third-order valence-electron chi connectivity index (χ3n) is 2.26. The molecule has 0 amide bonds. The molecule has 2 rings (SSSR count). The van der Waals surface area contributed by atoms with Crippen LogP contribution in [0, 0.1) is 11.6 Å². The standard InChI is InChI=1S/C10H10BrF2NO/c11-8-3-6(12)4-9(13)10(8)15-7-1-2-14-5-7/h3-4,7,14H,1-2,5H2/t7-/m1/s1. The molecule has 1 saturated heterocycles. The lowest BCUT2D eigenvalue weighted by Crippen LogP contribution is -2.20. The molecule has 0 bridgehead atoms. The van der Waals surface area contributed by atoms with E-state index in [0.29, 0.717) is 11.0 Å². The van der Waals surface area contributed by atoms with Crippen LogP contribution in [0.25, 0.3) is 0 Å². The molecule has 1 aromatic rings. The highest BCUT2D eigenvalue weighted by Crippen LogP contribution is 2.30. The van der Waals surface area contributed by atoms with Gasteiger partial charge in [0.25, 0.3) is 0 Å². The van der Waals surface area contributed by atoms with Crippen molar-refractivity contribution in [2.24, 2.45) is 0 Å². The van der Waals surface area contributed by atoms with Crippen LogP contribution in [-0.4, -0.2) is 19.2 Å². The van der Waals surface area contributed by atoms with Gasteiger partial charge >= 0.3 is 0 Å². The van der Waals surface area contributed by atoms with Crippen LogP contribution in [-0.2, 0) is 0 Å². The van der Waals surface area contributed by atoms with Crippen molar-refractivity contribution in [1.29, 1.82) is 0 Å². The predicted octanol–water partition coefficient (Wildman–Crippen LogP) is 2.47. The van der Waals surface area contributed by atoms with Crippen LogP contribution in [0.1, 0.15) is 6.42 Å². The van der Waals surface area contributed by atoms with Crippen LogP contribution in [0.4, 0.5) is 8.78 Å². The average molecular weight is 278 g/mol. The van der Waals surface area contributed by atoms with Crippen molar-refractivity contribution in [2.75, 3.05) is 13.1 Å². The van der Waals surface area contributed by atoms with Crippen LogP contribution in [0.5, 0.6) is 5.75 Å². The zero-order chi connectivity index (χ0) is 10.8. The lowest BCUT2D eigenvalue weighted by molar-refractivity contribution is 0.211. The molecule has 0 radical (unpaired) electrons. The predicted molar refractivity (Wildman–Crippen MR) is 56.0 cm³/mol. The molecule has 2 nitrogen and oxygen atoms in total. The fourth-order valence-electron chi connectivity index (χ4n) is 1.54. The molecular formula is C10H10BrF2NO. The Kier molecular flexibility index (Phi) is 3.21. The van der Waals surface area contributed by atoms with Crippen molar-refractivity contribution in [3.63, 3.8) is 0 Å². The number of ether oxygens (including phenoxy) is 1. The van der Waals surface area contributed by atoms with Gasteiger partial charge in [0.05, 0.1) is 4.47 Å². The van der Waals surface area contributed by atoms with Gasteiger partial charge in [-0.25, -0.2) is 8.78 Å². The molecule has 1 aromatic carbocycles. The first-order chi connectivity index (χ1) is 7.16. The van der Waals surface area contributed by atoms with Crippen molar-refractivity contribution >= 4 is 15.9 Å². The summed E-state index contributed by atoms with van der Waals surface area (Å²) in [6.45, 7) is 1.56. The molecule has 1 heterocycles. The van der Waals surface area contributed by atoms with Crippen LogP contribution in [0.3, 0.4) is 0 Å². The average Bonchev–Trinajstić information content (AvgIpc) is 2.63. The third-order valence-corrected chi connectivity index (χ3v) is 2.85. The zero-order valence-electron chi connectivity index (χ0n) is 7.90. The van der Waals surface area contributed by atoms with Gasteiger partial charge in [-0.2, -0.15) is 0 Å². The van der Waals surface area contributed by atoms with E-state index in [1.807, 2.05) is 0 Å². The molecule has 0 aliphatic carbocycles. The van der Waals surface area contributed by atoms with Gasteiger partial charge in [0.15, 0.2) is 11.6 Å². The maximum absolute atomic E-state index is 13.3. The Morgan fingerprint density at radius 2 is 2.20 bits per heavy atom. The van der Waals surface area contributed by atoms with E-state index in [2.05, 4.69) is 21.2 Å². The highest BCUT2D eigenvalue weighted by molar-refractivity contribution is 9.10. The number of benzene rings is 1. The fraction of sp³-hybridized carbons (Fsp3) is 0.400. The molecule has 0 aromatic heterocycles. The van der Waals surface area contributed by atoms with Crippen molar-refractivity contribution in [3.8, 4) is 5.75 Å². The molecule has 1 N–H and O–H groups in total. The van der Waals surface area contributed by atoms with E-state index in [9.17, 15) is 8.78 Å². The minimum absolute atomic E-state index is 0.0405. The van der Waals surface area contributed by atoms with Gasteiger partial charge in [-0.1, -0.05) is 0 Å². The molecule has 1 fully saturated rings. The monoisotopic (exact) mass is 277 g/mol. The smallest absolute Gasteiger partial charge is 0.169 e. The summed E-state index contributed by atoms with van der Waals surface area (Å²) in [6.07, 6.45) is 0.796. The van der Waals surface area contributed by atoms with E-state index in [1.54, 1.807) is 0 Å². The third kappa shape index (κ3) is 2.46. The molecule has 1 aliphatic heterocycles. The first-order valence-electron chi connectivity index (χ1n) is 4.69. The van der Waals surface area contributed by atoms with E-state index in [-0.39, 0.29) is 11.9 Å². The number of hydrogen-bond donors (Lipinski definition) is 1. The fourth-order valence-corrected chi connectivity index (χ4v) is 2.04. The molecule has 82 valence electrons. The van der Waals surface area contributed by atoms with Crippen LogP contribution in [0.15, 0.2) is 16.6 Å². The second kappa shape index (κ2) is 4.45. The van der Waals surface area contributed by atoms with Gasteiger partial charge in [-0.3, -0.25) is 0 Å². The van der Waals surface area contributed by atoms with Gasteiger partial charge in [-0.15, -0.1) is 0 Å². The largest absolute Gasteiger partial charge is 0.485 e. The van der Waals surface area contributed by atoms with Gasteiger partial charge < -0.3 is 10.1 Å². The number of nitrogens with one attached hydrogen (secondary N) is 1. The lowest BCUT2D eigenvalue weighted by atomic mass is 10.3. The Morgan fingerprint density at radius 3 is 2.80 bits per heavy atom. The summed E-state index contributed by atoms with van der Waals surface area (Å²) in [5.41, 5.74) is 0. The number of rotatable bonds is 2. The Bertz CT molecular complexity index is 343. The normalized spacial score (nSPS) is 20.6. The maximum Gasteiger partial charge on any atom is 0.169 e. The van der Waals surface area contributed by atoms with Gasteiger partial charge in [0, 0.05) is 12.6 Å². The summed E-state index contributed by atoms with van der Waals surface area (Å²) < 4.78 is 31.9. The topological polar surface area (TPSA) is 21.3 Å². The van der Waals surface area contributed by atoms with Crippen LogP contribution in [0.2, 0.25) is 0 Å². The first kappa shape index (κ1) is 10.8. The summed E-state index contributed by atoms with van der Waals surface area (Å²) in [5.74, 6) is -1.20. The van der Waals surface area contributed by atoms with Crippen molar-refractivity contribution < 1.29 is 13.5 Å². The molecule has 1 aliphatic rings. The minimum Gasteiger partial charge on any atom is -0.485 e. The Hall–Kier alpha value is -0.680. The molecule has 1 atom stereocenters. The van der Waals surface area contributed by atoms with Gasteiger partial charge in [-0.05, 0) is 35.0 Å². The summed E-state index contributed by atoms with van der Waals surface area (Å²) in [5, 5.41) is 3.11. The molecule has 0 saturated carbocycles. The summed E-state index contributed by atoms with van der Waals surface area (Å²) in [6, 6.07) is 2.02. The minimum atomic E-state index is -0.672. The van der Waals surface area contributed by atoms with Gasteiger partial charge in [0.2, 0.25) is 0 Å². The summed E-state index contributed by atoms with van der Waals surface area (Å²) in [7, 11) is 0.